The Morgan fingerprint density at radius 3 is 2.75 bits per heavy atom. The quantitative estimate of drug-likeness (QED) is 0.433. The van der Waals surface area contributed by atoms with Crippen LogP contribution >= 0.6 is 0 Å². The van der Waals surface area contributed by atoms with Gasteiger partial charge in [-0.1, -0.05) is 25.8 Å². The number of ketones is 1. The van der Waals surface area contributed by atoms with E-state index in [1.165, 1.54) is 26.4 Å². The van der Waals surface area contributed by atoms with Crippen LogP contribution in [0.4, 0.5) is 0 Å². The van der Waals surface area contributed by atoms with Gasteiger partial charge in [-0.15, -0.1) is 0 Å². The lowest BCUT2D eigenvalue weighted by molar-refractivity contribution is -0.118. The minimum atomic E-state index is 0.0500. The Labute approximate surface area is 74.6 Å². The number of rotatable bonds is 7. The van der Waals surface area contributed by atoms with Crippen molar-refractivity contribution in [1.29, 1.82) is 0 Å². The molecule has 0 amide bonds. The van der Waals surface area contributed by atoms with Gasteiger partial charge in [0.05, 0.1) is 0 Å². The molecule has 0 aliphatic heterocycles. The van der Waals surface area contributed by atoms with Gasteiger partial charge in [-0.05, 0) is 18.9 Å². The van der Waals surface area contributed by atoms with Crippen LogP contribution in [0.25, 0.3) is 0 Å². The van der Waals surface area contributed by atoms with E-state index in [9.17, 15) is 4.79 Å². The summed E-state index contributed by atoms with van der Waals surface area (Å²) in [5, 5.41) is 0. The Kier molecular flexibility index (Phi) is 8.02. The lowest BCUT2D eigenvalue weighted by Crippen LogP contribution is -2.01. The molecule has 70 valence electrons. The molecule has 2 heteroatoms. The third-order valence-electron chi connectivity index (χ3n) is 1.56. The van der Waals surface area contributed by atoms with Crippen LogP contribution in [-0.2, 0) is 9.53 Å². The molecule has 0 saturated heterocycles. The summed E-state index contributed by atoms with van der Waals surface area (Å²) in [5.74, 6) is 0.0500. The van der Waals surface area contributed by atoms with Gasteiger partial charge in [0.15, 0.2) is 5.78 Å². The average Bonchev–Trinajstić information content (AvgIpc) is 2.05. The van der Waals surface area contributed by atoms with Gasteiger partial charge < -0.3 is 4.74 Å². The predicted octanol–water partition coefficient (Wildman–Crippen LogP) is 2.34. The number of hydrogen-bond donors (Lipinski definition) is 0. The lowest BCUT2D eigenvalue weighted by atomic mass is 10.2. The number of unbranched alkanes of at least 4 members (excludes halogenated alkanes) is 3. The van der Waals surface area contributed by atoms with Crippen molar-refractivity contribution >= 4 is 5.78 Å². The van der Waals surface area contributed by atoms with E-state index in [1.54, 1.807) is 6.08 Å². The van der Waals surface area contributed by atoms with Gasteiger partial charge in [-0.25, -0.2) is 0 Å². The molecule has 0 saturated carbocycles. The van der Waals surface area contributed by atoms with Crippen LogP contribution in [0.15, 0.2) is 12.2 Å². The summed E-state index contributed by atoms with van der Waals surface area (Å²) < 4.78 is 4.68. The second kappa shape index (κ2) is 8.47. The molecule has 0 aromatic rings. The molecule has 0 N–H and O–H groups in total. The maximum Gasteiger partial charge on any atom is 0.180 e. The summed E-state index contributed by atoms with van der Waals surface area (Å²) in [6, 6.07) is 0. The van der Waals surface area contributed by atoms with Crippen molar-refractivity contribution in [1.82, 2.24) is 0 Å². The number of carbonyl (C=O) groups is 1. The van der Waals surface area contributed by atoms with Crippen LogP contribution in [0.3, 0.4) is 0 Å². The second-order valence-electron chi connectivity index (χ2n) is 2.80. The summed E-state index contributed by atoms with van der Waals surface area (Å²) in [5.41, 5.74) is 0. The first-order valence-electron chi connectivity index (χ1n) is 4.49. The summed E-state index contributed by atoms with van der Waals surface area (Å²) in [6.45, 7) is 2.37. The van der Waals surface area contributed by atoms with Crippen LogP contribution in [-0.4, -0.2) is 19.5 Å². The van der Waals surface area contributed by atoms with Gasteiger partial charge in [0.1, 0.15) is 6.61 Å². The molecule has 0 heterocycles. The normalized spacial score (nSPS) is 10.8. The molecule has 0 aromatic heterocycles. The molecule has 12 heavy (non-hydrogen) atoms. The predicted molar refractivity (Wildman–Crippen MR) is 50.2 cm³/mol. The number of allylic oxidation sites excluding steroid dienone is 1. The first-order chi connectivity index (χ1) is 5.81. The van der Waals surface area contributed by atoms with Crippen LogP contribution in [0, 0.1) is 0 Å². The highest BCUT2D eigenvalue weighted by Gasteiger charge is 1.91. The Morgan fingerprint density at radius 1 is 1.42 bits per heavy atom. The zero-order valence-electron chi connectivity index (χ0n) is 8.01. The minimum Gasteiger partial charge on any atom is -0.377 e. The number of methoxy groups -OCH3 is 1. The molecular weight excluding hydrogens is 152 g/mol. The molecule has 0 aromatic carbocycles. The molecule has 0 rings (SSSR count). The van der Waals surface area contributed by atoms with Gasteiger partial charge in [-0.3, -0.25) is 4.79 Å². The van der Waals surface area contributed by atoms with Crippen LogP contribution in [0.5, 0.6) is 0 Å². The first kappa shape index (κ1) is 11.4. The fraction of sp³-hybridized carbons (Fsp3) is 0.700. The SMILES string of the molecule is CCCCC/C=C/C(=O)COC. The Balaban J connectivity index is 3.29. The van der Waals surface area contributed by atoms with Crippen LogP contribution < -0.4 is 0 Å². The molecule has 0 radical (unpaired) electrons. The molecule has 0 bridgehead atoms. The zero-order valence-corrected chi connectivity index (χ0v) is 8.01. The van der Waals surface area contributed by atoms with Gasteiger partial charge in [0, 0.05) is 7.11 Å². The largest absolute Gasteiger partial charge is 0.377 e. The van der Waals surface area contributed by atoms with E-state index in [1.807, 2.05) is 6.08 Å². The van der Waals surface area contributed by atoms with Crippen molar-refractivity contribution in [3.8, 4) is 0 Å². The highest BCUT2D eigenvalue weighted by atomic mass is 16.5. The molecule has 0 aliphatic carbocycles. The first-order valence-corrected chi connectivity index (χ1v) is 4.49. The second-order valence-corrected chi connectivity index (χ2v) is 2.80. The van der Waals surface area contributed by atoms with E-state index in [-0.39, 0.29) is 12.4 Å². The van der Waals surface area contributed by atoms with E-state index in [0.717, 1.165) is 6.42 Å². The smallest absolute Gasteiger partial charge is 0.180 e. The lowest BCUT2D eigenvalue weighted by Gasteiger charge is -1.92. The number of carbonyl (C=O) groups excluding carboxylic acids is 1. The summed E-state index contributed by atoms with van der Waals surface area (Å²) in [4.78, 5) is 10.9. The van der Waals surface area contributed by atoms with E-state index < -0.39 is 0 Å². The minimum absolute atomic E-state index is 0.0500. The van der Waals surface area contributed by atoms with Crippen molar-refractivity contribution in [2.45, 2.75) is 32.6 Å². The van der Waals surface area contributed by atoms with E-state index in [4.69, 9.17) is 0 Å². The van der Waals surface area contributed by atoms with E-state index in [2.05, 4.69) is 11.7 Å². The van der Waals surface area contributed by atoms with Crippen molar-refractivity contribution < 1.29 is 9.53 Å². The maximum absolute atomic E-state index is 10.9. The van der Waals surface area contributed by atoms with Gasteiger partial charge in [0.2, 0.25) is 0 Å². The molecule has 2 nitrogen and oxygen atoms in total. The van der Waals surface area contributed by atoms with Crippen LogP contribution in [0.2, 0.25) is 0 Å². The molecule has 0 spiro atoms. The topological polar surface area (TPSA) is 26.3 Å². The third kappa shape index (κ3) is 7.48. The Morgan fingerprint density at radius 2 is 2.17 bits per heavy atom. The fourth-order valence-electron chi connectivity index (χ4n) is 0.917. The van der Waals surface area contributed by atoms with Crippen molar-refractivity contribution in [2.24, 2.45) is 0 Å². The fourth-order valence-corrected chi connectivity index (χ4v) is 0.917. The van der Waals surface area contributed by atoms with E-state index >= 15 is 0 Å². The third-order valence-corrected chi connectivity index (χ3v) is 1.56. The van der Waals surface area contributed by atoms with Gasteiger partial charge >= 0.3 is 0 Å². The van der Waals surface area contributed by atoms with Crippen LogP contribution in [0.1, 0.15) is 32.6 Å². The van der Waals surface area contributed by atoms with Crippen molar-refractivity contribution in [3.63, 3.8) is 0 Å². The molecule has 0 fully saturated rings. The molecular formula is C10H18O2. The number of ether oxygens (including phenoxy) is 1. The molecule has 0 aliphatic rings. The summed E-state index contributed by atoms with van der Waals surface area (Å²) in [6.07, 6.45) is 8.18. The van der Waals surface area contributed by atoms with Gasteiger partial charge in [0.25, 0.3) is 0 Å². The molecule has 0 unspecified atom stereocenters. The Bertz CT molecular complexity index is 139. The average molecular weight is 170 g/mol. The zero-order chi connectivity index (χ0) is 9.23. The standard InChI is InChI=1S/C10H18O2/c1-3-4-5-6-7-8-10(11)9-12-2/h7-8H,3-6,9H2,1-2H3/b8-7+. The summed E-state index contributed by atoms with van der Waals surface area (Å²) in [7, 11) is 1.53. The summed E-state index contributed by atoms with van der Waals surface area (Å²) >= 11 is 0. The number of hydrogen-bond acceptors (Lipinski definition) is 2. The van der Waals surface area contributed by atoms with Gasteiger partial charge in [-0.2, -0.15) is 0 Å². The van der Waals surface area contributed by atoms with E-state index in [0.29, 0.717) is 0 Å². The maximum atomic E-state index is 10.9. The van der Waals surface area contributed by atoms with Crippen molar-refractivity contribution in [3.05, 3.63) is 12.2 Å². The van der Waals surface area contributed by atoms with Crippen molar-refractivity contribution in [2.75, 3.05) is 13.7 Å². The highest BCUT2D eigenvalue weighted by Crippen LogP contribution is 1.99. The highest BCUT2D eigenvalue weighted by molar-refractivity contribution is 5.90. The molecule has 0 atom stereocenters. The Hall–Kier alpha value is -0.630. The monoisotopic (exact) mass is 170 g/mol.